The van der Waals surface area contributed by atoms with Crippen molar-refractivity contribution in [2.75, 3.05) is 6.61 Å². The number of primary amides is 1. The number of aliphatic hydroxyl groups is 1. The monoisotopic (exact) mass is 307 g/mol. The van der Waals surface area contributed by atoms with Gasteiger partial charge in [0.15, 0.2) is 11.6 Å². The number of nitrogens with two attached hydrogens (primary N) is 1. The quantitative estimate of drug-likeness (QED) is 0.891. The van der Waals surface area contributed by atoms with Crippen LogP contribution < -0.4 is 10.5 Å². The minimum atomic E-state index is -1.17. The fourth-order valence-corrected chi connectivity index (χ4v) is 1.94. The van der Waals surface area contributed by atoms with Crippen molar-refractivity contribution < 1.29 is 23.4 Å². The van der Waals surface area contributed by atoms with E-state index in [0.29, 0.717) is 0 Å². The van der Waals surface area contributed by atoms with Crippen LogP contribution in [0.25, 0.3) is 0 Å². The summed E-state index contributed by atoms with van der Waals surface area (Å²) in [6.45, 7) is 1.58. The first kappa shape index (κ1) is 15.9. The highest BCUT2D eigenvalue weighted by Crippen LogP contribution is 2.23. The molecule has 0 bridgehead atoms. The second-order valence-corrected chi connectivity index (χ2v) is 4.86. The third kappa shape index (κ3) is 3.59. The molecule has 0 aromatic heterocycles. The molecule has 0 fully saturated rings. The molecular formula is C16H15F2NO3. The summed E-state index contributed by atoms with van der Waals surface area (Å²) in [5.41, 5.74) is 6.45. The first-order valence-electron chi connectivity index (χ1n) is 6.54. The Bertz CT molecular complexity index is 704. The molecule has 0 aliphatic carbocycles. The second kappa shape index (κ2) is 6.53. The lowest BCUT2D eigenvalue weighted by atomic mass is 10.1. The summed E-state index contributed by atoms with van der Waals surface area (Å²) in [7, 11) is 0. The molecule has 6 heteroatoms. The van der Waals surface area contributed by atoms with E-state index in [2.05, 4.69) is 0 Å². The molecule has 3 N–H and O–H groups in total. The standard InChI is InChI=1S/C16H15F2NO3/c1-9-2-4-11(16(19)21)15(6-9)22-8-14(20)10-3-5-12(17)13(18)7-10/h2-7,14,20H,8H2,1H3,(H2,19,21). The topological polar surface area (TPSA) is 72.6 Å². The zero-order valence-corrected chi connectivity index (χ0v) is 11.8. The lowest BCUT2D eigenvalue weighted by Crippen LogP contribution is -2.16. The minimum absolute atomic E-state index is 0.173. The first-order chi connectivity index (χ1) is 10.4. The van der Waals surface area contributed by atoms with Gasteiger partial charge in [-0.25, -0.2) is 8.78 Å². The average molecular weight is 307 g/mol. The number of halogens is 2. The van der Waals surface area contributed by atoms with Crippen LogP contribution in [0, 0.1) is 18.6 Å². The van der Waals surface area contributed by atoms with Crippen molar-refractivity contribution in [3.8, 4) is 5.75 Å². The maximum Gasteiger partial charge on any atom is 0.252 e. The van der Waals surface area contributed by atoms with E-state index >= 15 is 0 Å². The molecule has 0 aliphatic heterocycles. The molecule has 22 heavy (non-hydrogen) atoms. The molecule has 0 heterocycles. The number of hydrogen-bond donors (Lipinski definition) is 2. The molecule has 0 aliphatic rings. The van der Waals surface area contributed by atoms with E-state index in [1.165, 1.54) is 12.1 Å². The van der Waals surface area contributed by atoms with E-state index in [4.69, 9.17) is 10.5 Å². The van der Waals surface area contributed by atoms with Crippen LogP contribution in [0.1, 0.15) is 27.6 Å². The summed E-state index contributed by atoms with van der Waals surface area (Å²) in [5, 5.41) is 9.97. The van der Waals surface area contributed by atoms with Gasteiger partial charge in [0.2, 0.25) is 0 Å². The van der Waals surface area contributed by atoms with Crippen molar-refractivity contribution in [3.63, 3.8) is 0 Å². The molecule has 0 radical (unpaired) electrons. The molecule has 0 saturated heterocycles. The van der Waals surface area contributed by atoms with E-state index < -0.39 is 23.6 Å². The Morgan fingerprint density at radius 1 is 1.23 bits per heavy atom. The Morgan fingerprint density at radius 2 is 1.95 bits per heavy atom. The van der Waals surface area contributed by atoms with E-state index in [1.54, 1.807) is 12.1 Å². The molecule has 2 rings (SSSR count). The van der Waals surface area contributed by atoms with E-state index in [-0.39, 0.29) is 23.5 Å². The fourth-order valence-electron chi connectivity index (χ4n) is 1.94. The SMILES string of the molecule is Cc1ccc(C(N)=O)c(OCC(O)c2ccc(F)c(F)c2)c1. The lowest BCUT2D eigenvalue weighted by Gasteiger charge is -2.15. The highest BCUT2D eigenvalue weighted by Gasteiger charge is 2.14. The Labute approximate surface area is 126 Å². The van der Waals surface area contributed by atoms with Gasteiger partial charge in [-0.3, -0.25) is 4.79 Å². The van der Waals surface area contributed by atoms with E-state index in [1.807, 2.05) is 6.92 Å². The number of ether oxygens (including phenoxy) is 1. The van der Waals surface area contributed by atoms with Gasteiger partial charge in [0.25, 0.3) is 5.91 Å². The maximum absolute atomic E-state index is 13.1. The molecule has 116 valence electrons. The van der Waals surface area contributed by atoms with Gasteiger partial charge in [0, 0.05) is 0 Å². The van der Waals surface area contributed by atoms with Gasteiger partial charge in [-0.15, -0.1) is 0 Å². The van der Waals surface area contributed by atoms with Crippen LogP contribution in [0.3, 0.4) is 0 Å². The largest absolute Gasteiger partial charge is 0.490 e. The normalized spacial score (nSPS) is 12.0. The number of amides is 1. The van der Waals surface area contributed by atoms with Crippen LogP contribution in [-0.2, 0) is 0 Å². The number of carbonyl (C=O) groups excluding carboxylic acids is 1. The summed E-state index contributed by atoms with van der Waals surface area (Å²) in [6, 6.07) is 7.93. The van der Waals surface area contributed by atoms with E-state index in [0.717, 1.165) is 17.7 Å². The predicted octanol–water partition coefficient (Wildman–Crippen LogP) is 2.48. The average Bonchev–Trinajstić information content (AvgIpc) is 2.47. The summed E-state index contributed by atoms with van der Waals surface area (Å²) in [4.78, 5) is 11.3. The van der Waals surface area contributed by atoms with Gasteiger partial charge in [0.05, 0.1) is 5.56 Å². The van der Waals surface area contributed by atoms with Crippen molar-refractivity contribution >= 4 is 5.91 Å². The molecule has 1 unspecified atom stereocenters. The zero-order chi connectivity index (χ0) is 16.3. The maximum atomic E-state index is 13.1. The fraction of sp³-hybridized carbons (Fsp3) is 0.188. The van der Waals surface area contributed by atoms with E-state index in [9.17, 15) is 18.7 Å². The smallest absolute Gasteiger partial charge is 0.252 e. The van der Waals surface area contributed by atoms with Crippen molar-refractivity contribution in [1.82, 2.24) is 0 Å². The van der Waals surface area contributed by atoms with Gasteiger partial charge in [0.1, 0.15) is 18.5 Å². The molecule has 1 amide bonds. The van der Waals surface area contributed by atoms with Crippen molar-refractivity contribution in [2.24, 2.45) is 5.73 Å². The number of benzene rings is 2. The molecule has 0 spiro atoms. The second-order valence-electron chi connectivity index (χ2n) is 4.86. The Kier molecular flexibility index (Phi) is 4.72. The summed E-state index contributed by atoms with van der Waals surface area (Å²) in [6.07, 6.45) is -1.17. The summed E-state index contributed by atoms with van der Waals surface area (Å²) < 4.78 is 31.4. The van der Waals surface area contributed by atoms with Crippen molar-refractivity contribution in [3.05, 3.63) is 64.7 Å². The highest BCUT2D eigenvalue weighted by molar-refractivity contribution is 5.95. The summed E-state index contributed by atoms with van der Waals surface area (Å²) in [5.74, 6) is -2.47. The molecule has 0 saturated carbocycles. The molecule has 4 nitrogen and oxygen atoms in total. The van der Waals surface area contributed by atoms with Crippen LogP contribution in [0.2, 0.25) is 0 Å². The number of aliphatic hydroxyl groups excluding tert-OH is 1. The van der Waals surface area contributed by atoms with Gasteiger partial charge in [-0.2, -0.15) is 0 Å². The third-order valence-electron chi connectivity index (χ3n) is 3.13. The number of rotatable bonds is 5. The number of carbonyl (C=O) groups is 1. The van der Waals surface area contributed by atoms with Gasteiger partial charge < -0.3 is 15.6 Å². The number of hydrogen-bond acceptors (Lipinski definition) is 3. The molecular weight excluding hydrogens is 292 g/mol. The third-order valence-corrected chi connectivity index (χ3v) is 3.13. The predicted molar refractivity (Wildman–Crippen MR) is 76.5 cm³/mol. The van der Waals surface area contributed by atoms with Gasteiger partial charge >= 0.3 is 0 Å². The molecule has 2 aromatic carbocycles. The van der Waals surface area contributed by atoms with Gasteiger partial charge in [-0.05, 0) is 42.3 Å². The molecule has 1 atom stereocenters. The lowest BCUT2D eigenvalue weighted by molar-refractivity contribution is 0.0966. The first-order valence-corrected chi connectivity index (χ1v) is 6.54. The van der Waals surface area contributed by atoms with Crippen molar-refractivity contribution in [1.29, 1.82) is 0 Å². The minimum Gasteiger partial charge on any atom is -0.490 e. The van der Waals surface area contributed by atoms with Crippen LogP contribution in [0.5, 0.6) is 5.75 Å². The van der Waals surface area contributed by atoms with Crippen molar-refractivity contribution in [2.45, 2.75) is 13.0 Å². The van der Waals surface area contributed by atoms with Crippen LogP contribution in [0.15, 0.2) is 36.4 Å². The Hall–Kier alpha value is -2.47. The summed E-state index contributed by atoms with van der Waals surface area (Å²) >= 11 is 0. The Balaban J connectivity index is 2.14. The number of aryl methyl sites for hydroxylation is 1. The van der Waals surface area contributed by atoms with Gasteiger partial charge in [-0.1, -0.05) is 12.1 Å². The molecule has 2 aromatic rings. The Morgan fingerprint density at radius 3 is 2.59 bits per heavy atom. The highest BCUT2D eigenvalue weighted by atomic mass is 19.2. The zero-order valence-electron chi connectivity index (χ0n) is 11.8. The van der Waals surface area contributed by atoms with Crippen LogP contribution in [0.4, 0.5) is 8.78 Å². The van der Waals surface area contributed by atoms with Crippen LogP contribution >= 0.6 is 0 Å². The van der Waals surface area contributed by atoms with Crippen LogP contribution in [-0.4, -0.2) is 17.6 Å².